The molecular weight excluding hydrogens is 345 g/mol. The quantitative estimate of drug-likeness (QED) is 0.725. The Labute approximate surface area is 126 Å². The van der Waals surface area contributed by atoms with E-state index in [1.807, 2.05) is 30.3 Å². The van der Waals surface area contributed by atoms with Crippen LogP contribution in [0.5, 0.6) is 0 Å². The predicted octanol–water partition coefficient (Wildman–Crippen LogP) is 3.11. The molecule has 3 aromatic rings. The van der Waals surface area contributed by atoms with E-state index in [1.54, 1.807) is 0 Å². The monoisotopic (exact) mass is 351 g/mol. The highest BCUT2D eigenvalue weighted by Crippen LogP contribution is 2.28. The van der Waals surface area contributed by atoms with Gasteiger partial charge < -0.3 is 0 Å². The summed E-state index contributed by atoms with van der Waals surface area (Å²) in [6, 6.07) is 10.7. The molecule has 0 aliphatic heterocycles. The van der Waals surface area contributed by atoms with Crippen LogP contribution in [0.3, 0.4) is 0 Å². The van der Waals surface area contributed by atoms with Gasteiger partial charge in [0.1, 0.15) is 5.03 Å². The highest BCUT2D eigenvalue weighted by Gasteiger charge is 2.14. The molecule has 0 unspecified atom stereocenters. The Bertz CT molecular complexity index is 734. The van der Waals surface area contributed by atoms with Crippen molar-refractivity contribution in [2.45, 2.75) is 10.2 Å². The zero-order valence-corrected chi connectivity index (χ0v) is 12.3. The van der Waals surface area contributed by atoms with Crippen LogP contribution >= 0.6 is 27.7 Å². The summed E-state index contributed by atoms with van der Waals surface area (Å²) < 4.78 is 15.9. The Morgan fingerprint density at radius 2 is 2.00 bits per heavy atom. The van der Waals surface area contributed by atoms with E-state index < -0.39 is 5.82 Å². The van der Waals surface area contributed by atoms with Crippen molar-refractivity contribution >= 4 is 27.7 Å². The molecule has 0 saturated heterocycles. The average Bonchev–Trinajstić information content (AvgIpc) is 2.91. The van der Waals surface area contributed by atoms with Gasteiger partial charge in [0.05, 0.1) is 5.69 Å². The molecule has 8 heteroatoms. The summed E-state index contributed by atoms with van der Waals surface area (Å²) >= 11 is 4.24. The molecule has 0 amide bonds. The van der Waals surface area contributed by atoms with E-state index in [4.69, 9.17) is 0 Å². The fourth-order valence-electron chi connectivity index (χ4n) is 1.54. The van der Waals surface area contributed by atoms with Gasteiger partial charge in [0, 0.05) is 10.7 Å². The third kappa shape index (κ3) is 2.70. The molecule has 20 heavy (non-hydrogen) atoms. The second kappa shape index (κ2) is 5.68. The fourth-order valence-corrected chi connectivity index (χ4v) is 2.58. The van der Waals surface area contributed by atoms with Crippen LogP contribution in [0.25, 0.3) is 5.69 Å². The summed E-state index contributed by atoms with van der Waals surface area (Å²) in [6.07, 6.45) is 1.53. The molecule has 0 fully saturated rings. The van der Waals surface area contributed by atoms with Gasteiger partial charge in [-0.25, -0.2) is 9.37 Å². The molecule has 1 aromatic carbocycles. The lowest BCUT2D eigenvalue weighted by atomic mass is 10.3. The number of tetrazole rings is 1. The molecule has 100 valence electrons. The molecule has 0 spiro atoms. The number of para-hydroxylation sites is 1. The van der Waals surface area contributed by atoms with Gasteiger partial charge in [-0.15, -0.1) is 5.10 Å². The van der Waals surface area contributed by atoms with E-state index in [0.717, 1.165) is 17.4 Å². The van der Waals surface area contributed by atoms with Crippen molar-refractivity contribution in [3.63, 3.8) is 0 Å². The maximum absolute atomic E-state index is 13.8. The topological polar surface area (TPSA) is 56.5 Å². The minimum absolute atomic E-state index is 0.222. The molecule has 0 N–H and O–H groups in total. The number of aromatic nitrogens is 5. The van der Waals surface area contributed by atoms with Gasteiger partial charge in [0.25, 0.3) is 0 Å². The first-order valence-electron chi connectivity index (χ1n) is 5.57. The van der Waals surface area contributed by atoms with Crippen LogP contribution in [0.4, 0.5) is 4.39 Å². The summed E-state index contributed by atoms with van der Waals surface area (Å²) in [7, 11) is 0. The zero-order valence-electron chi connectivity index (χ0n) is 9.94. The maximum atomic E-state index is 13.8. The number of nitrogens with zero attached hydrogens (tertiary/aromatic N) is 5. The summed E-state index contributed by atoms with van der Waals surface area (Å²) in [5, 5.41) is 12.1. The number of hydrogen-bond acceptors (Lipinski definition) is 5. The van der Waals surface area contributed by atoms with Gasteiger partial charge in [0.2, 0.25) is 5.16 Å². The van der Waals surface area contributed by atoms with E-state index in [9.17, 15) is 4.39 Å². The van der Waals surface area contributed by atoms with E-state index in [1.165, 1.54) is 16.9 Å². The lowest BCUT2D eigenvalue weighted by molar-refractivity contribution is 0.586. The second-order valence-corrected chi connectivity index (χ2v) is 5.62. The zero-order chi connectivity index (χ0) is 13.9. The molecular formula is C12H7BrFN5S. The van der Waals surface area contributed by atoms with Crippen LogP contribution in [0.1, 0.15) is 0 Å². The molecule has 2 heterocycles. The van der Waals surface area contributed by atoms with Gasteiger partial charge in [0.15, 0.2) is 5.82 Å². The van der Waals surface area contributed by atoms with Crippen LogP contribution in [0, 0.1) is 5.82 Å². The van der Waals surface area contributed by atoms with Gasteiger partial charge in [-0.2, -0.15) is 4.68 Å². The average molecular weight is 352 g/mol. The van der Waals surface area contributed by atoms with E-state index >= 15 is 0 Å². The minimum Gasteiger partial charge on any atom is -0.245 e. The van der Waals surface area contributed by atoms with Gasteiger partial charge in [-0.3, -0.25) is 0 Å². The molecule has 5 nitrogen and oxygen atoms in total. The van der Waals surface area contributed by atoms with Crippen LogP contribution in [-0.4, -0.2) is 25.2 Å². The van der Waals surface area contributed by atoms with Crippen molar-refractivity contribution in [2.75, 3.05) is 0 Å². The van der Waals surface area contributed by atoms with Crippen LogP contribution in [0.2, 0.25) is 0 Å². The van der Waals surface area contributed by atoms with Gasteiger partial charge >= 0.3 is 0 Å². The summed E-state index contributed by atoms with van der Waals surface area (Å²) in [5.74, 6) is -0.424. The Balaban J connectivity index is 1.95. The smallest absolute Gasteiger partial charge is 0.220 e. The molecule has 0 aliphatic rings. The highest BCUT2D eigenvalue weighted by molar-refractivity contribution is 9.10. The Hall–Kier alpha value is -1.80. The lowest BCUT2D eigenvalue weighted by Gasteiger charge is -2.04. The third-order valence-corrected chi connectivity index (χ3v) is 3.77. The van der Waals surface area contributed by atoms with Crippen molar-refractivity contribution in [2.24, 2.45) is 0 Å². The fraction of sp³-hybridized carbons (Fsp3) is 0. The third-order valence-electron chi connectivity index (χ3n) is 2.40. The Kier molecular flexibility index (Phi) is 3.75. The number of benzene rings is 1. The molecule has 0 aliphatic carbocycles. The number of pyridine rings is 1. The van der Waals surface area contributed by atoms with Crippen LogP contribution in [0.15, 0.2) is 57.3 Å². The minimum atomic E-state index is -0.424. The molecule has 0 radical (unpaired) electrons. The maximum Gasteiger partial charge on any atom is 0.220 e. The highest BCUT2D eigenvalue weighted by atomic mass is 79.9. The number of hydrogen-bond donors (Lipinski definition) is 0. The van der Waals surface area contributed by atoms with Crippen molar-refractivity contribution < 1.29 is 4.39 Å². The van der Waals surface area contributed by atoms with E-state index in [-0.39, 0.29) is 5.03 Å². The number of halogens is 2. The van der Waals surface area contributed by atoms with Crippen LogP contribution in [-0.2, 0) is 0 Å². The van der Waals surface area contributed by atoms with Gasteiger partial charge in [-0.05, 0) is 56.3 Å². The first-order chi connectivity index (χ1) is 9.74. The van der Waals surface area contributed by atoms with Crippen molar-refractivity contribution in [1.82, 2.24) is 25.2 Å². The Morgan fingerprint density at radius 1 is 1.20 bits per heavy atom. The van der Waals surface area contributed by atoms with Crippen molar-refractivity contribution in [1.29, 1.82) is 0 Å². The molecule has 2 aromatic heterocycles. The first-order valence-corrected chi connectivity index (χ1v) is 7.18. The standard InChI is InChI=1S/C12H7BrFN5S/c13-8-6-10(14)11(15-7-8)20-12-16-17-18-19(12)9-4-2-1-3-5-9/h1-7H. The normalized spacial score (nSPS) is 10.7. The largest absolute Gasteiger partial charge is 0.245 e. The SMILES string of the molecule is Fc1cc(Br)cnc1Sc1nnnn1-c1ccccc1. The summed E-state index contributed by atoms with van der Waals surface area (Å²) in [5.41, 5.74) is 0.803. The number of rotatable bonds is 3. The van der Waals surface area contributed by atoms with Crippen LogP contribution < -0.4 is 0 Å². The first kappa shape index (κ1) is 13.2. The van der Waals surface area contributed by atoms with Crippen molar-refractivity contribution in [3.8, 4) is 5.69 Å². The summed E-state index contributed by atoms with van der Waals surface area (Å²) in [4.78, 5) is 4.02. The molecule has 0 bridgehead atoms. The summed E-state index contributed by atoms with van der Waals surface area (Å²) in [6.45, 7) is 0. The second-order valence-electron chi connectivity index (χ2n) is 3.75. The van der Waals surface area contributed by atoms with E-state index in [0.29, 0.717) is 9.63 Å². The molecule has 0 saturated carbocycles. The molecule has 3 rings (SSSR count). The van der Waals surface area contributed by atoms with Crippen molar-refractivity contribution in [3.05, 3.63) is 52.9 Å². The van der Waals surface area contributed by atoms with E-state index in [2.05, 4.69) is 36.4 Å². The Morgan fingerprint density at radius 3 is 2.75 bits per heavy atom. The predicted molar refractivity (Wildman–Crippen MR) is 75.2 cm³/mol. The van der Waals surface area contributed by atoms with Gasteiger partial charge in [-0.1, -0.05) is 18.2 Å². The molecule has 0 atom stereocenters. The lowest BCUT2D eigenvalue weighted by Crippen LogP contribution is -1.99.